The molecule has 0 saturated carbocycles. The van der Waals surface area contributed by atoms with Crippen LogP contribution in [0.3, 0.4) is 0 Å². The molecule has 100 valence electrons. The van der Waals surface area contributed by atoms with E-state index in [9.17, 15) is 13.2 Å². The first-order valence-electron chi connectivity index (χ1n) is 5.36. The van der Waals surface area contributed by atoms with Gasteiger partial charge in [-0.05, 0) is 30.3 Å². The van der Waals surface area contributed by atoms with Gasteiger partial charge in [-0.25, -0.2) is 0 Å². The van der Waals surface area contributed by atoms with Crippen LogP contribution in [0.1, 0.15) is 5.56 Å². The minimum atomic E-state index is -4.43. The molecule has 0 aliphatic rings. The molecule has 0 heterocycles. The van der Waals surface area contributed by atoms with Gasteiger partial charge in [-0.1, -0.05) is 23.7 Å². The van der Waals surface area contributed by atoms with E-state index in [1.165, 1.54) is 30.3 Å². The van der Waals surface area contributed by atoms with Gasteiger partial charge in [0.2, 0.25) is 0 Å². The molecule has 19 heavy (non-hydrogen) atoms. The van der Waals surface area contributed by atoms with Gasteiger partial charge in [0.1, 0.15) is 0 Å². The van der Waals surface area contributed by atoms with Crippen molar-refractivity contribution in [3.63, 3.8) is 0 Å². The minimum Gasteiger partial charge on any atom is -0.399 e. The Balaban J connectivity index is 2.41. The van der Waals surface area contributed by atoms with Crippen LogP contribution in [0.25, 0.3) is 0 Å². The predicted octanol–water partition coefficient (Wildman–Crippen LogP) is 4.68. The Labute approximate surface area is 113 Å². The lowest BCUT2D eigenvalue weighted by Crippen LogP contribution is -2.08. The van der Waals surface area contributed by atoms with E-state index in [1.54, 1.807) is 6.07 Å². The molecule has 0 aromatic heterocycles. The highest BCUT2D eigenvalue weighted by atomic mass is 35.5. The number of halogens is 4. The van der Waals surface area contributed by atoms with Crippen molar-refractivity contribution >= 4 is 28.7 Å². The molecule has 0 aliphatic heterocycles. The summed E-state index contributed by atoms with van der Waals surface area (Å²) in [5.74, 6) is 0. The Kier molecular flexibility index (Phi) is 3.57. The molecule has 0 saturated heterocycles. The molecule has 0 spiro atoms. The maximum atomic E-state index is 12.8. The molecule has 0 bridgehead atoms. The lowest BCUT2D eigenvalue weighted by Gasteiger charge is -2.15. The second kappa shape index (κ2) is 5.01. The lowest BCUT2D eigenvalue weighted by molar-refractivity contribution is -0.136. The van der Waals surface area contributed by atoms with Crippen molar-refractivity contribution in [3.8, 4) is 0 Å². The lowest BCUT2D eigenvalue weighted by atomic mass is 10.1. The summed E-state index contributed by atoms with van der Waals surface area (Å²) in [5.41, 5.74) is 5.51. The summed E-state index contributed by atoms with van der Waals surface area (Å²) < 4.78 is 38.5. The average Bonchev–Trinajstić information content (AvgIpc) is 2.33. The molecule has 2 aromatic rings. The van der Waals surface area contributed by atoms with E-state index >= 15 is 0 Å². The maximum absolute atomic E-state index is 12.8. The zero-order valence-electron chi connectivity index (χ0n) is 9.63. The molecule has 0 radical (unpaired) electrons. The van der Waals surface area contributed by atoms with Crippen LogP contribution in [0.2, 0.25) is 5.02 Å². The fourth-order valence-corrected chi connectivity index (χ4v) is 1.79. The molecule has 0 unspecified atom stereocenters. The summed E-state index contributed by atoms with van der Waals surface area (Å²) in [7, 11) is 0. The molecule has 0 amide bonds. The first-order chi connectivity index (χ1) is 8.88. The Morgan fingerprint density at radius 2 is 1.68 bits per heavy atom. The SMILES string of the molecule is Nc1ccc(Cl)c(Nc2ccccc2C(F)(F)F)c1. The number of rotatable bonds is 2. The van der Waals surface area contributed by atoms with Crippen LogP contribution in [0, 0.1) is 0 Å². The van der Waals surface area contributed by atoms with Gasteiger partial charge in [0, 0.05) is 5.69 Å². The van der Waals surface area contributed by atoms with Crippen LogP contribution in [-0.4, -0.2) is 0 Å². The molecule has 0 aliphatic carbocycles. The Hall–Kier alpha value is -1.88. The minimum absolute atomic E-state index is 0.0671. The van der Waals surface area contributed by atoms with Crippen molar-refractivity contribution < 1.29 is 13.2 Å². The van der Waals surface area contributed by atoms with E-state index in [-0.39, 0.29) is 5.69 Å². The van der Waals surface area contributed by atoms with E-state index < -0.39 is 11.7 Å². The van der Waals surface area contributed by atoms with Crippen molar-refractivity contribution in [1.82, 2.24) is 0 Å². The summed E-state index contributed by atoms with van der Waals surface area (Å²) in [5, 5.41) is 2.95. The number of benzene rings is 2. The monoisotopic (exact) mass is 286 g/mol. The summed E-state index contributed by atoms with van der Waals surface area (Å²) in [6, 6.07) is 9.76. The molecule has 0 atom stereocenters. The number of anilines is 3. The molecule has 6 heteroatoms. The largest absolute Gasteiger partial charge is 0.418 e. The first kappa shape index (κ1) is 13.5. The Morgan fingerprint density at radius 3 is 2.37 bits per heavy atom. The third-order valence-corrected chi connectivity index (χ3v) is 2.82. The van der Waals surface area contributed by atoms with E-state index in [4.69, 9.17) is 17.3 Å². The van der Waals surface area contributed by atoms with Crippen molar-refractivity contribution in [2.45, 2.75) is 6.18 Å². The van der Waals surface area contributed by atoms with Crippen molar-refractivity contribution in [1.29, 1.82) is 0 Å². The number of hydrogen-bond donors (Lipinski definition) is 2. The smallest absolute Gasteiger partial charge is 0.399 e. The van der Waals surface area contributed by atoms with Crippen LogP contribution in [0.5, 0.6) is 0 Å². The van der Waals surface area contributed by atoms with Gasteiger partial charge in [-0.2, -0.15) is 13.2 Å². The highest BCUT2D eigenvalue weighted by molar-refractivity contribution is 6.33. The maximum Gasteiger partial charge on any atom is 0.418 e. The number of nitrogens with two attached hydrogens (primary N) is 1. The van der Waals surface area contributed by atoms with Crippen molar-refractivity contribution in [2.75, 3.05) is 11.1 Å². The second-order valence-corrected chi connectivity index (χ2v) is 4.31. The van der Waals surface area contributed by atoms with Crippen LogP contribution in [-0.2, 0) is 6.18 Å². The molecule has 0 fully saturated rings. The summed E-state index contributed by atoms with van der Waals surface area (Å²) in [6.45, 7) is 0. The summed E-state index contributed by atoms with van der Waals surface area (Å²) in [4.78, 5) is 0. The topological polar surface area (TPSA) is 38.0 Å². The van der Waals surface area contributed by atoms with Crippen molar-refractivity contribution in [3.05, 3.63) is 53.1 Å². The van der Waals surface area contributed by atoms with E-state index in [0.717, 1.165) is 6.07 Å². The molecule has 2 nitrogen and oxygen atoms in total. The van der Waals surface area contributed by atoms with Gasteiger partial charge in [-0.3, -0.25) is 0 Å². The van der Waals surface area contributed by atoms with Crippen LogP contribution in [0.4, 0.5) is 30.2 Å². The van der Waals surface area contributed by atoms with E-state index in [2.05, 4.69) is 5.32 Å². The normalized spacial score (nSPS) is 11.4. The summed E-state index contributed by atoms with van der Waals surface area (Å²) >= 11 is 5.91. The number of nitrogens with one attached hydrogen (secondary N) is 1. The number of hydrogen-bond acceptors (Lipinski definition) is 2. The fraction of sp³-hybridized carbons (Fsp3) is 0.0769. The van der Waals surface area contributed by atoms with Gasteiger partial charge >= 0.3 is 6.18 Å². The first-order valence-corrected chi connectivity index (χ1v) is 5.74. The standard InChI is InChI=1S/C13H10ClF3N2/c14-10-6-5-8(18)7-12(10)19-11-4-2-1-3-9(11)13(15,16)17/h1-7,19H,18H2. The Bertz CT molecular complexity index is 597. The second-order valence-electron chi connectivity index (χ2n) is 3.91. The fourth-order valence-electron chi connectivity index (χ4n) is 1.62. The molecular weight excluding hydrogens is 277 g/mol. The van der Waals surface area contributed by atoms with Crippen LogP contribution < -0.4 is 11.1 Å². The molecular formula is C13H10ClF3N2. The number of alkyl halides is 3. The van der Waals surface area contributed by atoms with Crippen LogP contribution in [0.15, 0.2) is 42.5 Å². The molecule has 3 N–H and O–H groups in total. The number of nitrogen functional groups attached to an aromatic ring is 1. The third kappa shape index (κ3) is 3.12. The van der Waals surface area contributed by atoms with Gasteiger partial charge < -0.3 is 11.1 Å². The summed E-state index contributed by atoms with van der Waals surface area (Å²) in [6.07, 6.45) is -4.43. The van der Waals surface area contributed by atoms with E-state index in [1.807, 2.05) is 0 Å². The van der Waals surface area contributed by atoms with E-state index in [0.29, 0.717) is 16.4 Å². The van der Waals surface area contributed by atoms with Gasteiger partial charge in [-0.15, -0.1) is 0 Å². The zero-order chi connectivity index (χ0) is 14.0. The predicted molar refractivity (Wildman–Crippen MR) is 70.6 cm³/mol. The highest BCUT2D eigenvalue weighted by Gasteiger charge is 2.33. The van der Waals surface area contributed by atoms with Gasteiger partial charge in [0.25, 0.3) is 0 Å². The zero-order valence-corrected chi connectivity index (χ0v) is 10.4. The van der Waals surface area contributed by atoms with Gasteiger partial charge in [0.15, 0.2) is 0 Å². The van der Waals surface area contributed by atoms with Gasteiger partial charge in [0.05, 0.1) is 22.0 Å². The molecule has 2 aromatic carbocycles. The molecule has 2 rings (SSSR count). The Morgan fingerprint density at radius 1 is 1.00 bits per heavy atom. The third-order valence-electron chi connectivity index (χ3n) is 2.49. The number of para-hydroxylation sites is 1. The van der Waals surface area contributed by atoms with Crippen LogP contribution >= 0.6 is 11.6 Å². The van der Waals surface area contributed by atoms with Crippen molar-refractivity contribution in [2.24, 2.45) is 0 Å². The average molecular weight is 287 g/mol. The highest BCUT2D eigenvalue weighted by Crippen LogP contribution is 2.37. The quantitative estimate of drug-likeness (QED) is 0.786.